The third-order valence-corrected chi connectivity index (χ3v) is 8.70. The Morgan fingerprint density at radius 3 is 1.17 bits per heavy atom. The molecule has 0 saturated carbocycles. The van der Waals surface area contributed by atoms with E-state index in [1.807, 2.05) is 66.7 Å². The monoisotopic (exact) mass is 812 g/mol. The molecule has 0 bridgehead atoms. The van der Waals surface area contributed by atoms with E-state index in [-0.39, 0.29) is 21.1 Å². The standard InChI is InChI=1S/2C12H11P.C11H8N.C7H7.Pt/c2*1-3-7-11(8-4-1)13-12-9-5-2-6-10-12;1-2-6-10(7-3-1)11-8-4-5-9-12-11;1-7-5-3-2-4-6-7;/h2*1-10,13H;1-6,8-9H;3-6H,1H3;/q;;2*-1;+2. The van der Waals surface area contributed by atoms with E-state index in [2.05, 4.69) is 145 Å². The molecule has 0 radical (unpaired) electrons. The van der Waals surface area contributed by atoms with Crippen molar-refractivity contribution >= 4 is 38.4 Å². The number of benzene rings is 6. The molecule has 0 saturated heterocycles. The van der Waals surface area contributed by atoms with Crippen molar-refractivity contribution in [1.82, 2.24) is 4.98 Å². The van der Waals surface area contributed by atoms with E-state index >= 15 is 0 Å². The van der Waals surface area contributed by atoms with Crippen LogP contribution in [0.5, 0.6) is 0 Å². The fraction of sp³-hybridized carbons (Fsp3) is 0.0238. The molecule has 6 aromatic carbocycles. The second kappa shape index (κ2) is 22.5. The number of hydrogen-bond donors (Lipinski definition) is 0. The van der Waals surface area contributed by atoms with E-state index in [4.69, 9.17) is 0 Å². The van der Waals surface area contributed by atoms with Crippen LogP contribution in [0.25, 0.3) is 11.3 Å². The van der Waals surface area contributed by atoms with Gasteiger partial charge >= 0.3 is 21.1 Å². The molecule has 0 unspecified atom stereocenters. The minimum absolute atomic E-state index is 0. The summed E-state index contributed by atoms with van der Waals surface area (Å²) in [6.45, 7) is 2.06. The van der Waals surface area contributed by atoms with Crippen LogP contribution in [-0.4, -0.2) is 4.98 Å². The Morgan fingerprint density at radius 1 is 0.435 bits per heavy atom. The summed E-state index contributed by atoms with van der Waals surface area (Å²) in [5.74, 6) is 0. The minimum Gasteiger partial charge on any atom is -0.305 e. The van der Waals surface area contributed by atoms with E-state index in [9.17, 15) is 0 Å². The van der Waals surface area contributed by atoms with Crippen molar-refractivity contribution in [3.8, 4) is 11.3 Å². The summed E-state index contributed by atoms with van der Waals surface area (Å²) in [5, 5.41) is 5.59. The molecule has 1 aromatic heterocycles. The molecule has 46 heavy (non-hydrogen) atoms. The van der Waals surface area contributed by atoms with Crippen molar-refractivity contribution in [2.24, 2.45) is 0 Å². The SMILES string of the molecule is Cc1cc[c-]cc1.[Pt+2].[c-]1ccccc1-c1ccccn1.c1ccc(Pc2ccccc2)cc1.c1ccc(Pc2ccccc2)cc1. The summed E-state index contributed by atoms with van der Waals surface area (Å²) in [5.41, 5.74) is 3.30. The van der Waals surface area contributed by atoms with Gasteiger partial charge in [-0.1, -0.05) is 158 Å². The Labute approximate surface area is 293 Å². The van der Waals surface area contributed by atoms with Crippen LogP contribution < -0.4 is 21.2 Å². The second-order valence-electron chi connectivity index (χ2n) is 9.78. The summed E-state index contributed by atoms with van der Waals surface area (Å²) < 4.78 is 0. The van der Waals surface area contributed by atoms with Crippen molar-refractivity contribution in [2.45, 2.75) is 6.92 Å². The van der Waals surface area contributed by atoms with E-state index < -0.39 is 0 Å². The van der Waals surface area contributed by atoms with Crippen LogP contribution in [-0.2, 0) is 21.1 Å². The Morgan fingerprint density at radius 2 is 0.848 bits per heavy atom. The minimum atomic E-state index is 0. The summed E-state index contributed by atoms with van der Waals surface area (Å²) in [4.78, 5) is 4.22. The van der Waals surface area contributed by atoms with Crippen LogP contribution in [0, 0.1) is 19.1 Å². The fourth-order valence-electron chi connectivity index (χ4n) is 3.96. The van der Waals surface area contributed by atoms with Crippen molar-refractivity contribution in [3.63, 3.8) is 0 Å². The molecule has 230 valence electrons. The van der Waals surface area contributed by atoms with E-state index in [1.165, 1.54) is 26.8 Å². The molecule has 1 nitrogen and oxygen atoms in total. The van der Waals surface area contributed by atoms with Crippen LogP contribution >= 0.6 is 17.2 Å². The van der Waals surface area contributed by atoms with Gasteiger partial charge in [-0.2, -0.15) is 35.9 Å². The molecular weight excluding hydrogens is 775 g/mol. The molecule has 4 heteroatoms. The van der Waals surface area contributed by atoms with Crippen LogP contribution in [0.15, 0.2) is 194 Å². The fourth-order valence-corrected chi connectivity index (χ4v) is 6.07. The van der Waals surface area contributed by atoms with Crippen LogP contribution in [0.4, 0.5) is 0 Å². The maximum Gasteiger partial charge on any atom is 2.00 e. The predicted octanol–water partition coefficient (Wildman–Crippen LogP) is 8.97. The molecule has 1 heterocycles. The van der Waals surface area contributed by atoms with Crippen LogP contribution in [0.1, 0.15) is 5.56 Å². The van der Waals surface area contributed by atoms with Crippen molar-refractivity contribution in [3.05, 3.63) is 212 Å². The first kappa shape index (κ1) is 36.5. The number of pyridine rings is 1. The molecule has 0 amide bonds. The number of rotatable bonds is 5. The largest absolute Gasteiger partial charge is 2.00 e. The number of nitrogens with zero attached hydrogens (tertiary/aromatic N) is 1. The Kier molecular flexibility index (Phi) is 17.9. The van der Waals surface area contributed by atoms with Crippen molar-refractivity contribution in [2.75, 3.05) is 0 Å². The summed E-state index contributed by atoms with van der Waals surface area (Å²) in [6, 6.07) is 69.9. The average molecular weight is 813 g/mol. The zero-order valence-corrected chi connectivity index (χ0v) is 30.0. The van der Waals surface area contributed by atoms with E-state index in [0.717, 1.165) is 28.4 Å². The molecule has 0 fully saturated rings. The third kappa shape index (κ3) is 14.9. The summed E-state index contributed by atoms with van der Waals surface area (Å²) >= 11 is 0. The topological polar surface area (TPSA) is 12.9 Å². The first-order valence-corrected chi connectivity index (χ1v) is 16.8. The van der Waals surface area contributed by atoms with Gasteiger partial charge in [-0.3, -0.25) is 0 Å². The Hall–Kier alpha value is -3.98. The molecule has 0 aliphatic carbocycles. The quantitative estimate of drug-likeness (QED) is 0.125. The normalized spacial score (nSPS) is 9.41. The molecule has 0 atom stereocenters. The molecule has 0 spiro atoms. The Bertz CT molecular complexity index is 1520. The first-order valence-electron chi connectivity index (χ1n) is 14.8. The van der Waals surface area contributed by atoms with Gasteiger partial charge in [0.2, 0.25) is 0 Å². The van der Waals surface area contributed by atoms with Gasteiger partial charge in [-0.15, -0.1) is 35.9 Å². The van der Waals surface area contributed by atoms with E-state index in [1.54, 1.807) is 6.20 Å². The zero-order valence-electron chi connectivity index (χ0n) is 25.7. The van der Waals surface area contributed by atoms with Gasteiger partial charge < -0.3 is 4.98 Å². The predicted molar refractivity (Wildman–Crippen MR) is 199 cm³/mol. The number of aromatic nitrogens is 1. The van der Waals surface area contributed by atoms with Gasteiger partial charge in [0.15, 0.2) is 0 Å². The van der Waals surface area contributed by atoms with E-state index in [0.29, 0.717) is 0 Å². The zero-order chi connectivity index (χ0) is 31.2. The molecule has 0 aliphatic rings. The Balaban J connectivity index is 0.000000169. The van der Waals surface area contributed by atoms with Gasteiger partial charge in [0.25, 0.3) is 0 Å². The van der Waals surface area contributed by atoms with Gasteiger partial charge in [-0.05, 0) is 33.0 Å². The van der Waals surface area contributed by atoms with Crippen LogP contribution in [0.2, 0.25) is 0 Å². The van der Waals surface area contributed by atoms with Gasteiger partial charge in [0.1, 0.15) is 0 Å². The molecular formula is C42H37NP2Pt. The molecule has 7 rings (SSSR count). The van der Waals surface area contributed by atoms with Crippen LogP contribution in [0.3, 0.4) is 0 Å². The molecule has 7 aromatic rings. The second-order valence-corrected chi connectivity index (χ2v) is 12.6. The number of hydrogen-bond acceptors (Lipinski definition) is 1. The maximum atomic E-state index is 4.22. The molecule has 0 N–H and O–H groups in total. The molecule has 0 aliphatic heterocycles. The maximum absolute atomic E-state index is 4.22. The summed E-state index contributed by atoms with van der Waals surface area (Å²) in [7, 11) is 1.55. The first-order chi connectivity index (χ1) is 22.3. The van der Waals surface area contributed by atoms with Gasteiger partial charge in [-0.25, -0.2) is 0 Å². The van der Waals surface area contributed by atoms with Gasteiger partial charge in [0, 0.05) is 6.20 Å². The average Bonchev–Trinajstić information content (AvgIpc) is 3.12. The van der Waals surface area contributed by atoms with Crippen molar-refractivity contribution in [1.29, 1.82) is 0 Å². The van der Waals surface area contributed by atoms with Gasteiger partial charge in [0.05, 0.1) is 0 Å². The smallest absolute Gasteiger partial charge is 0.305 e. The summed E-state index contributed by atoms with van der Waals surface area (Å²) in [6.07, 6.45) is 1.79. The third-order valence-electron chi connectivity index (χ3n) is 6.21. The van der Waals surface area contributed by atoms with Crippen molar-refractivity contribution < 1.29 is 21.1 Å². The number of aryl methyl sites for hydroxylation is 1.